The van der Waals surface area contributed by atoms with Crippen LogP contribution in [0.1, 0.15) is 42.2 Å². The number of H-pyrrole nitrogens is 3. The number of carbonyl (C=O) groups excluding carboxylic acids is 3. The van der Waals surface area contributed by atoms with E-state index in [0.717, 1.165) is 44.9 Å². The Bertz CT molecular complexity index is 2680. The highest BCUT2D eigenvalue weighted by atomic mass is 16.2. The molecule has 0 saturated carbocycles. The molecule has 0 aliphatic carbocycles. The molecule has 0 aliphatic heterocycles. The van der Waals surface area contributed by atoms with Crippen molar-refractivity contribution in [2.75, 3.05) is 16.0 Å². The number of hydrogen-bond donors (Lipinski definition) is 6. The molecular weight excluding hydrogens is 787 g/mol. The fourth-order valence-corrected chi connectivity index (χ4v) is 5.74. The third-order valence-electron chi connectivity index (χ3n) is 8.84. The van der Waals surface area contributed by atoms with E-state index in [1.54, 1.807) is 72.8 Å². The number of nitrogens with one attached hydrogen (secondary N) is 6. The van der Waals surface area contributed by atoms with E-state index in [1.165, 1.54) is 0 Å². The predicted octanol–water partition coefficient (Wildman–Crippen LogP) is 6.97. The number of rotatable bonds is 9. The van der Waals surface area contributed by atoms with Crippen molar-refractivity contribution < 1.29 is 14.4 Å². The molecule has 0 spiro atoms. The first-order valence-corrected chi connectivity index (χ1v) is 18.9. The second-order valence-corrected chi connectivity index (χ2v) is 13.4. The number of benzene rings is 6. The van der Waals surface area contributed by atoms with Crippen LogP contribution in [0.25, 0.3) is 34.2 Å². The van der Waals surface area contributed by atoms with Gasteiger partial charge in [0.15, 0.2) is 0 Å². The first-order valence-electron chi connectivity index (χ1n) is 18.9. The average Bonchev–Trinajstić information content (AvgIpc) is 4.14. The molecule has 0 aliphatic rings. The van der Waals surface area contributed by atoms with Crippen molar-refractivity contribution in [2.45, 2.75) is 13.8 Å². The van der Waals surface area contributed by atoms with E-state index in [4.69, 9.17) is 0 Å². The van der Waals surface area contributed by atoms with E-state index in [-0.39, 0.29) is 17.7 Å². The number of aryl methyl sites for hydroxylation is 2. The van der Waals surface area contributed by atoms with E-state index in [2.05, 4.69) is 77.8 Å². The molecule has 306 valence electrons. The lowest BCUT2D eigenvalue weighted by atomic mass is 10.1. The summed E-state index contributed by atoms with van der Waals surface area (Å²) < 4.78 is 0. The lowest BCUT2D eigenvalue weighted by Gasteiger charge is -2.06. The molecule has 6 N–H and O–H groups in total. The monoisotopic (exact) mass is 823 g/mol. The van der Waals surface area contributed by atoms with Crippen LogP contribution in [0.2, 0.25) is 0 Å². The SMILES string of the molecule is Cc1cccc(NC(=O)c2ccc(-c3nn[nH]n3)cc2)c1.Cc1cccc(NC(=O)c2ccc(-c3nn[nH]n3)cc2)c1.O=C(Nc1ccccc1)c1ccc(-c2nn[nH]n2)cc1. The van der Waals surface area contributed by atoms with Crippen molar-refractivity contribution in [3.8, 4) is 34.2 Å². The number of anilines is 3. The second kappa shape index (κ2) is 20.1. The Morgan fingerprint density at radius 3 is 1.02 bits per heavy atom. The Morgan fingerprint density at radius 2 is 0.710 bits per heavy atom. The lowest BCUT2D eigenvalue weighted by molar-refractivity contribution is 0.101. The van der Waals surface area contributed by atoms with Gasteiger partial charge in [0.2, 0.25) is 17.5 Å². The Kier molecular flexibility index (Phi) is 13.3. The average molecular weight is 824 g/mol. The number of para-hydroxylation sites is 1. The Balaban J connectivity index is 0.000000140. The van der Waals surface area contributed by atoms with Gasteiger partial charge in [-0.1, -0.05) is 78.9 Å². The molecule has 0 radical (unpaired) electrons. The van der Waals surface area contributed by atoms with Crippen molar-refractivity contribution >= 4 is 34.8 Å². The molecule has 0 bridgehead atoms. The third kappa shape index (κ3) is 11.3. The van der Waals surface area contributed by atoms with Crippen LogP contribution in [0.3, 0.4) is 0 Å². The van der Waals surface area contributed by atoms with Crippen molar-refractivity contribution in [3.05, 3.63) is 179 Å². The number of amides is 3. The van der Waals surface area contributed by atoms with Crippen LogP contribution in [0, 0.1) is 13.8 Å². The van der Waals surface area contributed by atoms with E-state index in [9.17, 15) is 14.4 Å². The van der Waals surface area contributed by atoms with Gasteiger partial charge in [-0.2, -0.15) is 15.6 Å². The molecule has 6 aromatic carbocycles. The molecule has 0 saturated heterocycles. The van der Waals surface area contributed by atoms with Gasteiger partial charge < -0.3 is 16.0 Å². The Hall–Kier alpha value is -9.06. The minimum absolute atomic E-state index is 0.153. The summed E-state index contributed by atoms with van der Waals surface area (Å²) in [6.45, 7) is 3.96. The fraction of sp³-hybridized carbons (Fsp3) is 0.0455. The van der Waals surface area contributed by atoms with Crippen LogP contribution in [-0.2, 0) is 0 Å². The van der Waals surface area contributed by atoms with Crippen LogP contribution in [0.5, 0.6) is 0 Å². The zero-order chi connectivity index (χ0) is 43.1. The molecule has 9 rings (SSSR count). The van der Waals surface area contributed by atoms with E-state index in [0.29, 0.717) is 34.2 Å². The molecule has 0 fully saturated rings. The van der Waals surface area contributed by atoms with Crippen molar-refractivity contribution in [3.63, 3.8) is 0 Å². The summed E-state index contributed by atoms with van der Waals surface area (Å²) in [5, 5.41) is 49.6. The second-order valence-electron chi connectivity index (χ2n) is 13.4. The van der Waals surface area contributed by atoms with Crippen molar-refractivity contribution in [1.29, 1.82) is 0 Å². The summed E-state index contributed by atoms with van der Waals surface area (Å²) >= 11 is 0. The maximum absolute atomic E-state index is 12.2. The van der Waals surface area contributed by atoms with Gasteiger partial charge in [-0.25, -0.2) is 0 Å². The number of aromatic amines is 3. The maximum atomic E-state index is 12.2. The fourth-order valence-electron chi connectivity index (χ4n) is 5.74. The first-order chi connectivity index (χ1) is 30.3. The van der Waals surface area contributed by atoms with Gasteiger partial charge in [0, 0.05) is 50.4 Å². The third-order valence-corrected chi connectivity index (χ3v) is 8.84. The molecule has 3 heterocycles. The normalized spacial score (nSPS) is 10.3. The number of hydrogen-bond acceptors (Lipinski definition) is 12. The van der Waals surface area contributed by atoms with Crippen LogP contribution in [0.15, 0.2) is 152 Å². The predicted molar refractivity (Wildman–Crippen MR) is 232 cm³/mol. The van der Waals surface area contributed by atoms with Crippen LogP contribution in [0.4, 0.5) is 17.1 Å². The van der Waals surface area contributed by atoms with Crippen molar-refractivity contribution in [1.82, 2.24) is 61.9 Å². The molecule has 62 heavy (non-hydrogen) atoms. The Morgan fingerprint density at radius 1 is 0.387 bits per heavy atom. The van der Waals surface area contributed by atoms with Gasteiger partial charge in [-0.3, -0.25) is 14.4 Å². The van der Waals surface area contributed by atoms with E-state index >= 15 is 0 Å². The van der Waals surface area contributed by atoms with Gasteiger partial charge in [0.1, 0.15) is 0 Å². The van der Waals surface area contributed by atoms with E-state index in [1.807, 2.05) is 92.7 Å². The summed E-state index contributed by atoms with van der Waals surface area (Å²) in [6.07, 6.45) is 0. The lowest BCUT2D eigenvalue weighted by Crippen LogP contribution is -2.11. The summed E-state index contributed by atoms with van der Waals surface area (Å²) in [5.41, 5.74) is 8.64. The van der Waals surface area contributed by atoms with Gasteiger partial charge in [0.25, 0.3) is 17.7 Å². The highest BCUT2D eigenvalue weighted by molar-refractivity contribution is 6.05. The van der Waals surface area contributed by atoms with Crippen LogP contribution >= 0.6 is 0 Å². The largest absolute Gasteiger partial charge is 0.322 e. The topological polar surface area (TPSA) is 251 Å². The van der Waals surface area contributed by atoms with Crippen LogP contribution in [-0.4, -0.2) is 79.6 Å². The zero-order valence-electron chi connectivity index (χ0n) is 33.2. The maximum Gasteiger partial charge on any atom is 0.255 e. The number of aromatic nitrogens is 12. The summed E-state index contributed by atoms with van der Waals surface area (Å²) in [7, 11) is 0. The molecular formula is C44H37N15O3. The van der Waals surface area contributed by atoms with Gasteiger partial charge in [-0.15, -0.1) is 30.6 Å². The smallest absolute Gasteiger partial charge is 0.255 e. The molecule has 0 unspecified atom stereocenters. The standard InChI is InChI=1S/2C15H13N5O.C14H11N5O/c2*1-10-3-2-4-13(9-10)16-15(21)12-7-5-11(6-8-12)14-17-19-20-18-14;20-14(15-12-4-2-1-3-5-12)11-8-6-10(7-9-11)13-16-18-19-17-13/h2*2-9H,1H3,(H,16,21)(H,17,18,19,20);1-9H,(H,15,20)(H,16,17,18,19). The molecule has 18 heteroatoms. The quantitative estimate of drug-likeness (QED) is 0.0863. The minimum Gasteiger partial charge on any atom is -0.322 e. The van der Waals surface area contributed by atoms with Crippen LogP contribution < -0.4 is 16.0 Å². The van der Waals surface area contributed by atoms with E-state index < -0.39 is 0 Å². The van der Waals surface area contributed by atoms with Crippen molar-refractivity contribution in [2.24, 2.45) is 0 Å². The van der Waals surface area contributed by atoms with Gasteiger partial charge in [-0.05, 0) is 113 Å². The summed E-state index contributed by atoms with van der Waals surface area (Å²) in [4.78, 5) is 36.4. The zero-order valence-corrected chi connectivity index (χ0v) is 33.2. The molecule has 3 aromatic heterocycles. The highest BCUT2D eigenvalue weighted by Crippen LogP contribution is 2.19. The Labute approximate surface area is 353 Å². The molecule has 0 atom stereocenters. The van der Waals surface area contributed by atoms with Gasteiger partial charge >= 0.3 is 0 Å². The molecule has 9 aromatic rings. The summed E-state index contributed by atoms with van der Waals surface area (Å²) in [5.74, 6) is 1.04. The molecule has 3 amide bonds. The molecule has 18 nitrogen and oxygen atoms in total. The number of carbonyl (C=O) groups is 3. The number of tetrazole rings is 3. The number of nitrogens with zero attached hydrogens (tertiary/aromatic N) is 9. The first kappa shape index (κ1) is 41.1. The van der Waals surface area contributed by atoms with Gasteiger partial charge in [0.05, 0.1) is 0 Å². The highest BCUT2D eigenvalue weighted by Gasteiger charge is 2.11. The summed E-state index contributed by atoms with van der Waals surface area (Å²) in [6, 6.07) is 45.8. The minimum atomic E-state index is -0.157.